The van der Waals surface area contributed by atoms with Gasteiger partial charge in [0.15, 0.2) is 0 Å². The molecule has 12 heavy (non-hydrogen) atoms. The summed E-state index contributed by atoms with van der Waals surface area (Å²) in [6, 6.07) is 6.08. The van der Waals surface area contributed by atoms with Gasteiger partial charge in [-0.3, -0.25) is 0 Å². The van der Waals surface area contributed by atoms with E-state index in [1.165, 1.54) is 5.56 Å². The second kappa shape index (κ2) is 4.47. The van der Waals surface area contributed by atoms with Gasteiger partial charge in [0.25, 0.3) is 0 Å². The van der Waals surface area contributed by atoms with Crippen LogP contribution in [0.1, 0.15) is 11.1 Å². The van der Waals surface area contributed by atoms with E-state index in [0.717, 1.165) is 22.5 Å². The van der Waals surface area contributed by atoms with Crippen LogP contribution in [0.4, 0.5) is 0 Å². The SMILES string of the molecule is Cc1ccc(C)c(SOON)c1. The summed E-state index contributed by atoms with van der Waals surface area (Å²) < 4.78 is 4.55. The summed E-state index contributed by atoms with van der Waals surface area (Å²) in [5, 5.41) is 0. The molecule has 2 N–H and O–H groups in total. The molecule has 0 amide bonds. The van der Waals surface area contributed by atoms with Gasteiger partial charge in [-0.25, -0.2) is 0 Å². The highest BCUT2D eigenvalue weighted by Gasteiger charge is 1.99. The number of hydrogen-bond donors (Lipinski definition) is 1. The Hall–Kier alpha value is -0.550. The summed E-state index contributed by atoms with van der Waals surface area (Å²) in [5.74, 6) is 4.72. The van der Waals surface area contributed by atoms with E-state index in [9.17, 15) is 0 Å². The van der Waals surface area contributed by atoms with E-state index < -0.39 is 0 Å². The standard InChI is InChI=1S/C8H11NO2S/c1-6-3-4-7(2)8(5-6)12-11-10-9/h3-5H,9H2,1-2H3. The molecule has 0 saturated carbocycles. The molecule has 1 aromatic carbocycles. The molecule has 0 radical (unpaired) electrons. The Morgan fingerprint density at radius 1 is 1.33 bits per heavy atom. The molecule has 0 saturated heterocycles. The van der Waals surface area contributed by atoms with Crippen LogP contribution >= 0.6 is 12.0 Å². The number of benzene rings is 1. The number of hydrogen-bond acceptors (Lipinski definition) is 4. The minimum Gasteiger partial charge on any atom is -0.182 e. The highest BCUT2D eigenvalue weighted by Crippen LogP contribution is 2.23. The van der Waals surface area contributed by atoms with Gasteiger partial charge in [0.2, 0.25) is 0 Å². The molecule has 0 heterocycles. The fraction of sp³-hybridized carbons (Fsp3) is 0.250. The van der Waals surface area contributed by atoms with Crippen LogP contribution in [0.25, 0.3) is 0 Å². The second-order valence-electron chi connectivity index (χ2n) is 2.52. The first-order valence-corrected chi connectivity index (χ1v) is 4.25. The smallest absolute Gasteiger partial charge is 0.0705 e. The van der Waals surface area contributed by atoms with E-state index in [-0.39, 0.29) is 0 Å². The molecule has 3 nitrogen and oxygen atoms in total. The first kappa shape index (κ1) is 9.54. The number of nitrogens with two attached hydrogens (primary N) is 1. The van der Waals surface area contributed by atoms with Gasteiger partial charge in [-0.05, 0) is 31.0 Å². The topological polar surface area (TPSA) is 44.5 Å². The average molecular weight is 185 g/mol. The van der Waals surface area contributed by atoms with E-state index in [0.29, 0.717) is 0 Å². The maximum absolute atomic E-state index is 4.72. The van der Waals surface area contributed by atoms with E-state index in [1.807, 2.05) is 32.0 Å². The zero-order valence-corrected chi connectivity index (χ0v) is 7.85. The summed E-state index contributed by atoms with van der Waals surface area (Å²) in [6.07, 6.45) is 0. The van der Waals surface area contributed by atoms with Crippen molar-refractivity contribution in [3.63, 3.8) is 0 Å². The molecule has 1 rings (SSSR count). The van der Waals surface area contributed by atoms with Crippen molar-refractivity contribution in [2.75, 3.05) is 0 Å². The molecule has 0 unspecified atom stereocenters. The Balaban J connectivity index is 2.75. The zero-order valence-electron chi connectivity index (χ0n) is 7.03. The van der Waals surface area contributed by atoms with Crippen molar-refractivity contribution in [3.05, 3.63) is 29.3 Å². The van der Waals surface area contributed by atoms with E-state index in [4.69, 9.17) is 5.90 Å². The highest BCUT2D eigenvalue weighted by molar-refractivity contribution is 7.94. The van der Waals surface area contributed by atoms with Crippen molar-refractivity contribution < 1.29 is 9.32 Å². The van der Waals surface area contributed by atoms with Gasteiger partial charge < -0.3 is 0 Å². The lowest BCUT2D eigenvalue weighted by molar-refractivity contribution is -0.195. The van der Waals surface area contributed by atoms with Crippen LogP contribution < -0.4 is 5.90 Å². The molecule has 66 valence electrons. The molecule has 0 aliphatic rings. The average Bonchev–Trinajstić information content (AvgIpc) is 2.07. The second-order valence-corrected chi connectivity index (χ2v) is 3.26. The lowest BCUT2D eigenvalue weighted by atomic mass is 10.2. The lowest BCUT2D eigenvalue weighted by Gasteiger charge is -2.03. The van der Waals surface area contributed by atoms with Gasteiger partial charge in [-0.15, -0.1) is 9.32 Å². The molecule has 0 aromatic heterocycles. The summed E-state index contributed by atoms with van der Waals surface area (Å²) in [6.45, 7) is 4.02. The normalized spacial score (nSPS) is 10.2. The molecular weight excluding hydrogens is 174 g/mol. The first-order valence-electron chi connectivity index (χ1n) is 3.51. The molecule has 0 aliphatic heterocycles. The van der Waals surface area contributed by atoms with Gasteiger partial charge in [-0.2, -0.15) is 5.90 Å². The van der Waals surface area contributed by atoms with Crippen LogP contribution in [0.15, 0.2) is 23.1 Å². The number of aryl methyl sites for hydroxylation is 2. The van der Waals surface area contributed by atoms with Crippen molar-refractivity contribution in [2.45, 2.75) is 18.7 Å². The molecule has 4 heteroatoms. The quantitative estimate of drug-likeness (QED) is 0.445. The zero-order chi connectivity index (χ0) is 8.97. The first-order chi connectivity index (χ1) is 5.74. The van der Waals surface area contributed by atoms with Gasteiger partial charge in [0, 0.05) is 4.90 Å². The van der Waals surface area contributed by atoms with Crippen LogP contribution in [0, 0.1) is 13.8 Å². The Kier molecular flexibility index (Phi) is 3.55. The van der Waals surface area contributed by atoms with Gasteiger partial charge >= 0.3 is 0 Å². The number of rotatable bonds is 3. The van der Waals surface area contributed by atoms with E-state index in [1.54, 1.807) is 0 Å². The molecule has 0 fully saturated rings. The van der Waals surface area contributed by atoms with Crippen molar-refractivity contribution >= 4 is 12.0 Å². The molecular formula is C8H11NO2S. The predicted molar refractivity (Wildman–Crippen MR) is 48.1 cm³/mol. The third-order valence-electron chi connectivity index (χ3n) is 1.51. The molecule has 0 spiro atoms. The summed E-state index contributed by atoms with van der Waals surface area (Å²) in [7, 11) is 0. The van der Waals surface area contributed by atoms with E-state index in [2.05, 4.69) is 9.32 Å². The molecule has 1 aromatic rings. The third-order valence-corrected chi connectivity index (χ3v) is 2.27. The van der Waals surface area contributed by atoms with Crippen LogP contribution in [0.2, 0.25) is 0 Å². The maximum Gasteiger partial charge on any atom is 0.0705 e. The van der Waals surface area contributed by atoms with Gasteiger partial charge in [0.05, 0.1) is 12.0 Å². The Bertz CT molecular complexity index is 265. The van der Waals surface area contributed by atoms with Crippen molar-refractivity contribution in [3.8, 4) is 0 Å². The summed E-state index contributed by atoms with van der Waals surface area (Å²) in [4.78, 5) is 5.02. The predicted octanol–water partition coefficient (Wildman–Crippen LogP) is 2.13. The van der Waals surface area contributed by atoms with Crippen molar-refractivity contribution in [1.29, 1.82) is 0 Å². The van der Waals surface area contributed by atoms with Crippen LogP contribution in [-0.4, -0.2) is 0 Å². The molecule has 0 bridgehead atoms. The molecule has 0 aliphatic carbocycles. The summed E-state index contributed by atoms with van der Waals surface area (Å²) in [5.41, 5.74) is 2.33. The highest BCUT2D eigenvalue weighted by atomic mass is 32.2. The fourth-order valence-electron chi connectivity index (χ4n) is 0.853. The van der Waals surface area contributed by atoms with Crippen molar-refractivity contribution in [2.24, 2.45) is 5.90 Å². The van der Waals surface area contributed by atoms with Crippen LogP contribution in [-0.2, 0) is 9.32 Å². The van der Waals surface area contributed by atoms with Crippen LogP contribution in [0.3, 0.4) is 0 Å². The monoisotopic (exact) mass is 185 g/mol. The van der Waals surface area contributed by atoms with Crippen molar-refractivity contribution in [1.82, 2.24) is 0 Å². The Morgan fingerprint density at radius 3 is 2.75 bits per heavy atom. The largest absolute Gasteiger partial charge is 0.182 e. The Labute approximate surface area is 75.9 Å². The minimum absolute atomic E-state index is 1.01. The maximum atomic E-state index is 4.72. The summed E-state index contributed by atoms with van der Waals surface area (Å²) >= 11 is 1.11. The lowest BCUT2D eigenvalue weighted by Crippen LogP contribution is -1.94. The minimum atomic E-state index is 1.01. The molecule has 0 atom stereocenters. The third kappa shape index (κ3) is 2.49. The Morgan fingerprint density at radius 2 is 2.08 bits per heavy atom. The van der Waals surface area contributed by atoms with Crippen LogP contribution in [0.5, 0.6) is 0 Å². The van der Waals surface area contributed by atoms with Gasteiger partial charge in [0.1, 0.15) is 0 Å². The van der Waals surface area contributed by atoms with Gasteiger partial charge in [-0.1, -0.05) is 12.1 Å². The fourth-order valence-corrected chi connectivity index (χ4v) is 1.40. The van der Waals surface area contributed by atoms with E-state index >= 15 is 0 Å².